The van der Waals surface area contributed by atoms with E-state index >= 15 is 0 Å². The summed E-state index contributed by atoms with van der Waals surface area (Å²) >= 11 is 0. The first-order chi connectivity index (χ1) is 20.1. The van der Waals surface area contributed by atoms with Crippen LogP contribution in [0.4, 0.5) is 5.82 Å². The third-order valence-corrected chi connectivity index (χ3v) is 7.42. The van der Waals surface area contributed by atoms with Gasteiger partial charge in [0.15, 0.2) is 5.65 Å². The van der Waals surface area contributed by atoms with E-state index < -0.39 is 0 Å². The fraction of sp³-hybridized carbons (Fsp3) is 0.182. The van der Waals surface area contributed by atoms with E-state index in [9.17, 15) is 4.79 Å². The molecule has 8 nitrogen and oxygen atoms in total. The van der Waals surface area contributed by atoms with Gasteiger partial charge in [-0.2, -0.15) is 0 Å². The first-order valence-corrected chi connectivity index (χ1v) is 13.6. The SMILES string of the molecule is COc1ccc(/C=C/C(=O)N2CCN(c3ncnc4c3c(-c3ccccc3)cn4-c3ccc(OC)cc3)CC2)cc1. The quantitative estimate of drug-likeness (QED) is 0.253. The Bertz CT molecular complexity index is 1670. The van der Waals surface area contributed by atoms with Crippen LogP contribution in [0.3, 0.4) is 0 Å². The molecule has 0 aliphatic carbocycles. The summed E-state index contributed by atoms with van der Waals surface area (Å²) in [7, 11) is 3.30. The van der Waals surface area contributed by atoms with Crippen LogP contribution in [0.15, 0.2) is 97.5 Å². The summed E-state index contributed by atoms with van der Waals surface area (Å²) < 4.78 is 12.7. The number of ether oxygens (including phenoxy) is 2. The summed E-state index contributed by atoms with van der Waals surface area (Å²) in [6.07, 6.45) is 7.24. The maximum absolute atomic E-state index is 13.0. The molecule has 0 radical (unpaired) electrons. The van der Waals surface area contributed by atoms with Crippen LogP contribution in [0.1, 0.15) is 5.56 Å². The molecular weight excluding hydrogens is 514 g/mol. The van der Waals surface area contributed by atoms with Crippen LogP contribution in [-0.2, 0) is 4.79 Å². The number of hydrogen-bond donors (Lipinski definition) is 0. The highest BCUT2D eigenvalue weighted by Gasteiger charge is 2.25. The number of benzene rings is 3. The second kappa shape index (κ2) is 11.6. The molecule has 8 heteroatoms. The highest BCUT2D eigenvalue weighted by Crippen LogP contribution is 2.37. The first kappa shape index (κ1) is 26.1. The number of aromatic nitrogens is 3. The van der Waals surface area contributed by atoms with E-state index in [1.54, 1.807) is 26.6 Å². The van der Waals surface area contributed by atoms with Gasteiger partial charge in [-0.1, -0.05) is 42.5 Å². The van der Waals surface area contributed by atoms with Crippen molar-refractivity contribution in [1.82, 2.24) is 19.4 Å². The second-order valence-corrected chi connectivity index (χ2v) is 9.79. The van der Waals surface area contributed by atoms with Gasteiger partial charge in [0.05, 0.1) is 19.6 Å². The lowest BCUT2D eigenvalue weighted by Crippen LogP contribution is -2.48. The van der Waals surface area contributed by atoms with Crippen LogP contribution in [0.25, 0.3) is 33.9 Å². The van der Waals surface area contributed by atoms with Gasteiger partial charge in [-0.3, -0.25) is 4.79 Å². The molecule has 1 aliphatic heterocycles. The summed E-state index contributed by atoms with van der Waals surface area (Å²) in [5, 5.41) is 0.994. The third kappa shape index (κ3) is 5.36. The van der Waals surface area contributed by atoms with E-state index in [0.717, 1.165) is 50.7 Å². The number of anilines is 1. The number of fused-ring (bicyclic) bond motifs is 1. The van der Waals surface area contributed by atoms with Crippen molar-refractivity contribution in [2.75, 3.05) is 45.3 Å². The molecule has 0 N–H and O–H groups in total. The monoisotopic (exact) mass is 545 g/mol. The average molecular weight is 546 g/mol. The number of carbonyl (C=O) groups is 1. The van der Waals surface area contributed by atoms with Gasteiger partial charge in [-0.05, 0) is 53.6 Å². The van der Waals surface area contributed by atoms with E-state index in [0.29, 0.717) is 26.2 Å². The Morgan fingerprint density at radius 2 is 1.46 bits per heavy atom. The smallest absolute Gasteiger partial charge is 0.246 e. The lowest BCUT2D eigenvalue weighted by Gasteiger charge is -2.35. The molecule has 0 unspecified atom stereocenters. The van der Waals surface area contributed by atoms with Gasteiger partial charge >= 0.3 is 0 Å². The summed E-state index contributed by atoms with van der Waals surface area (Å²) in [6.45, 7) is 2.57. The number of methoxy groups -OCH3 is 2. The van der Waals surface area contributed by atoms with Gasteiger partial charge < -0.3 is 23.8 Å². The third-order valence-electron chi connectivity index (χ3n) is 7.42. The zero-order chi connectivity index (χ0) is 28.2. The molecule has 0 saturated carbocycles. The molecule has 1 amide bonds. The van der Waals surface area contributed by atoms with Crippen LogP contribution in [-0.4, -0.2) is 65.7 Å². The number of piperazine rings is 1. The van der Waals surface area contributed by atoms with Crippen molar-refractivity contribution < 1.29 is 14.3 Å². The molecule has 3 aromatic carbocycles. The summed E-state index contributed by atoms with van der Waals surface area (Å²) in [5.74, 6) is 2.47. The second-order valence-electron chi connectivity index (χ2n) is 9.79. The minimum Gasteiger partial charge on any atom is -0.497 e. The fourth-order valence-electron chi connectivity index (χ4n) is 5.19. The molecule has 1 fully saturated rings. The van der Waals surface area contributed by atoms with Crippen LogP contribution in [0.2, 0.25) is 0 Å². The minimum atomic E-state index is 0.00364. The van der Waals surface area contributed by atoms with Crippen LogP contribution >= 0.6 is 0 Å². The van der Waals surface area contributed by atoms with E-state index in [2.05, 4.69) is 27.8 Å². The van der Waals surface area contributed by atoms with E-state index in [4.69, 9.17) is 19.4 Å². The Balaban J connectivity index is 1.27. The van der Waals surface area contributed by atoms with Gasteiger partial charge in [0.1, 0.15) is 23.6 Å². The molecule has 5 aromatic rings. The largest absolute Gasteiger partial charge is 0.497 e. The molecule has 3 heterocycles. The summed E-state index contributed by atoms with van der Waals surface area (Å²) in [5.41, 5.74) is 4.93. The van der Waals surface area contributed by atoms with E-state index in [-0.39, 0.29) is 5.91 Å². The minimum absolute atomic E-state index is 0.00364. The van der Waals surface area contributed by atoms with Crippen molar-refractivity contribution in [2.24, 2.45) is 0 Å². The molecule has 0 bridgehead atoms. The normalized spacial score (nSPS) is 13.6. The predicted molar refractivity (Wildman–Crippen MR) is 162 cm³/mol. The number of rotatable bonds is 7. The fourth-order valence-corrected chi connectivity index (χ4v) is 5.19. The van der Waals surface area contributed by atoms with E-state index in [1.807, 2.05) is 77.7 Å². The molecule has 2 aromatic heterocycles. The lowest BCUT2D eigenvalue weighted by molar-refractivity contribution is -0.126. The zero-order valence-electron chi connectivity index (χ0n) is 23.1. The molecule has 1 aliphatic rings. The Hall–Kier alpha value is -5.11. The Kier molecular flexibility index (Phi) is 7.36. The van der Waals surface area contributed by atoms with Gasteiger partial charge in [-0.15, -0.1) is 0 Å². The molecule has 0 spiro atoms. The van der Waals surface area contributed by atoms with Gasteiger partial charge in [-0.25, -0.2) is 9.97 Å². The van der Waals surface area contributed by atoms with Crippen LogP contribution in [0.5, 0.6) is 11.5 Å². The first-order valence-electron chi connectivity index (χ1n) is 13.6. The van der Waals surface area contributed by atoms with Crippen LogP contribution in [0, 0.1) is 0 Å². The topological polar surface area (TPSA) is 72.7 Å². The molecular formula is C33H31N5O3. The lowest BCUT2D eigenvalue weighted by atomic mass is 10.1. The number of nitrogens with zero attached hydrogens (tertiary/aromatic N) is 5. The van der Waals surface area contributed by atoms with Crippen molar-refractivity contribution in [3.05, 3.63) is 103 Å². The highest BCUT2D eigenvalue weighted by atomic mass is 16.5. The van der Waals surface area contributed by atoms with Gasteiger partial charge in [0.2, 0.25) is 5.91 Å². The average Bonchev–Trinajstić information content (AvgIpc) is 3.44. The maximum Gasteiger partial charge on any atom is 0.246 e. The van der Waals surface area contributed by atoms with Gasteiger partial charge in [0.25, 0.3) is 0 Å². The molecule has 206 valence electrons. The summed E-state index contributed by atoms with van der Waals surface area (Å²) in [4.78, 5) is 26.6. The van der Waals surface area contributed by atoms with Crippen molar-refractivity contribution in [3.8, 4) is 28.3 Å². The standard InChI is InChI=1S/C33H31N5O3/c1-40-27-13-8-24(9-14-27)10-17-30(39)36-18-20-37(21-19-36)32-31-29(25-6-4-3-5-7-25)22-38(33(31)35-23-34-32)26-11-15-28(41-2)16-12-26/h3-17,22-23H,18-21H2,1-2H3/b17-10+. The van der Waals surface area contributed by atoms with Crippen molar-refractivity contribution in [2.45, 2.75) is 0 Å². The Morgan fingerprint density at radius 3 is 2.12 bits per heavy atom. The Morgan fingerprint density at radius 1 is 0.805 bits per heavy atom. The molecule has 0 atom stereocenters. The van der Waals surface area contributed by atoms with Crippen molar-refractivity contribution in [3.63, 3.8) is 0 Å². The number of carbonyl (C=O) groups excluding carboxylic acids is 1. The van der Waals surface area contributed by atoms with Gasteiger partial charge in [0, 0.05) is 49.7 Å². The zero-order valence-corrected chi connectivity index (χ0v) is 23.1. The van der Waals surface area contributed by atoms with E-state index in [1.165, 1.54) is 0 Å². The van der Waals surface area contributed by atoms with Crippen LogP contribution < -0.4 is 14.4 Å². The van der Waals surface area contributed by atoms with Crippen molar-refractivity contribution in [1.29, 1.82) is 0 Å². The molecule has 41 heavy (non-hydrogen) atoms. The molecule has 1 saturated heterocycles. The highest BCUT2D eigenvalue weighted by molar-refractivity contribution is 6.02. The predicted octanol–water partition coefficient (Wildman–Crippen LogP) is 5.47. The molecule has 6 rings (SSSR count). The Labute approximate surface area is 239 Å². The maximum atomic E-state index is 13.0. The number of amides is 1. The number of hydrogen-bond acceptors (Lipinski definition) is 6. The summed E-state index contributed by atoms with van der Waals surface area (Å²) in [6, 6.07) is 25.9. The van der Waals surface area contributed by atoms with Crippen molar-refractivity contribution >= 4 is 28.8 Å².